The molecule has 0 saturated carbocycles. The Morgan fingerprint density at radius 3 is 2.53 bits per heavy atom. The molecule has 0 aromatic rings. The minimum atomic E-state index is 0.0845. The molecule has 0 aromatic carbocycles. The van der Waals surface area contributed by atoms with Gasteiger partial charge in [-0.05, 0) is 33.4 Å². The van der Waals surface area contributed by atoms with E-state index in [9.17, 15) is 4.79 Å². The summed E-state index contributed by atoms with van der Waals surface area (Å²) in [6, 6.07) is 0.271. The summed E-state index contributed by atoms with van der Waals surface area (Å²) < 4.78 is 0.191. The Morgan fingerprint density at radius 1 is 1.47 bits per heavy atom. The first kappa shape index (κ1) is 14.8. The van der Waals surface area contributed by atoms with Gasteiger partial charge in [0.05, 0.1) is 6.54 Å². The standard InChI is InChI=1S/C11H24N2OS/c1-6-9(2)13-10(14)7-12-8-11(3,4)15-5/h9,12H,6-8H2,1-5H3,(H,13,14). The van der Waals surface area contributed by atoms with Gasteiger partial charge in [0.1, 0.15) is 0 Å². The van der Waals surface area contributed by atoms with E-state index in [-0.39, 0.29) is 16.7 Å². The summed E-state index contributed by atoms with van der Waals surface area (Å²) in [5.74, 6) is 0.0845. The number of hydrogen-bond donors (Lipinski definition) is 2. The van der Waals surface area contributed by atoms with Crippen molar-refractivity contribution in [2.45, 2.75) is 44.9 Å². The Labute approximate surface area is 97.8 Å². The molecule has 0 radical (unpaired) electrons. The molecular weight excluding hydrogens is 208 g/mol. The van der Waals surface area contributed by atoms with Gasteiger partial charge in [0.25, 0.3) is 0 Å². The monoisotopic (exact) mass is 232 g/mol. The number of amides is 1. The van der Waals surface area contributed by atoms with Crippen LogP contribution in [0.1, 0.15) is 34.1 Å². The molecule has 15 heavy (non-hydrogen) atoms. The third kappa shape index (κ3) is 7.68. The zero-order valence-electron chi connectivity index (χ0n) is 10.5. The normalized spacial score (nSPS) is 13.7. The lowest BCUT2D eigenvalue weighted by atomic mass is 10.2. The second-order valence-electron chi connectivity index (χ2n) is 4.44. The molecule has 2 N–H and O–H groups in total. The van der Waals surface area contributed by atoms with Crippen molar-refractivity contribution >= 4 is 17.7 Å². The molecule has 3 nitrogen and oxygen atoms in total. The lowest BCUT2D eigenvalue weighted by Gasteiger charge is -2.22. The van der Waals surface area contributed by atoms with Gasteiger partial charge in [-0.2, -0.15) is 11.8 Å². The van der Waals surface area contributed by atoms with Gasteiger partial charge in [-0.25, -0.2) is 0 Å². The molecule has 0 bridgehead atoms. The van der Waals surface area contributed by atoms with E-state index >= 15 is 0 Å². The van der Waals surface area contributed by atoms with Crippen LogP contribution in [0.4, 0.5) is 0 Å². The van der Waals surface area contributed by atoms with Gasteiger partial charge in [0, 0.05) is 17.3 Å². The fourth-order valence-corrected chi connectivity index (χ4v) is 1.22. The van der Waals surface area contributed by atoms with E-state index in [2.05, 4.69) is 37.7 Å². The van der Waals surface area contributed by atoms with E-state index in [4.69, 9.17) is 0 Å². The predicted octanol–water partition coefficient (Wildman–Crippen LogP) is 1.63. The smallest absolute Gasteiger partial charge is 0.234 e. The maximum absolute atomic E-state index is 11.4. The van der Waals surface area contributed by atoms with Gasteiger partial charge >= 0.3 is 0 Å². The van der Waals surface area contributed by atoms with Gasteiger partial charge < -0.3 is 10.6 Å². The fourth-order valence-electron chi connectivity index (χ4n) is 0.977. The molecule has 0 spiro atoms. The summed E-state index contributed by atoms with van der Waals surface area (Å²) in [4.78, 5) is 11.4. The van der Waals surface area contributed by atoms with Gasteiger partial charge in [0.2, 0.25) is 5.91 Å². The molecule has 0 aromatic heterocycles. The lowest BCUT2D eigenvalue weighted by molar-refractivity contribution is -0.120. The molecule has 0 saturated heterocycles. The van der Waals surface area contributed by atoms with E-state index in [0.717, 1.165) is 13.0 Å². The van der Waals surface area contributed by atoms with Crippen molar-refractivity contribution in [1.29, 1.82) is 0 Å². The first-order valence-corrected chi connectivity index (χ1v) is 6.69. The molecule has 0 fully saturated rings. The van der Waals surface area contributed by atoms with Crippen molar-refractivity contribution in [2.24, 2.45) is 0 Å². The van der Waals surface area contributed by atoms with Gasteiger partial charge in [-0.3, -0.25) is 4.79 Å². The summed E-state index contributed by atoms with van der Waals surface area (Å²) in [6.07, 6.45) is 3.06. The maximum atomic E-state index is 11.4. The molecular formula is C11H24N2OS. The second-order valence-corrected chi connectivity index (χ2v) is 5.96. The van der Waals surface area contributed by atoms with E-state index in [0.29, 0.717) is 6.54 Å². The number of nitrogens with one attached hydrogen (secondary N) is 2. The predicted molar refractivity (Wildman–Crippen MR) is 68.4 cm³/mol. The Kier molecular flexibility index (Phi) is 7.02. The van der Waals surface area contributed by atoms with E-state index in [1.807, 2.05) is 6.92 Å². The van der Waals surface area contributed by atoms with Crippen LogP contribution >= 0.6 is 11.8 Å². The Hall–Kier alpha value is -0.220. The average molecular weight is 232 g/mol. The number of hydrogen-bond acceptors (Lipinski definition) is 3. The summed E-state index contributed by atoms with van der Waals surface area (Å²) in [7, 11) is 0. The number of carbonyl (C=O) groups is 1. The van der Waals surface area contributed by atoms with Crippen LogP contribution in [0.25, 0.3) is 0 Å². The number of thioether (sulfide) groups is 1. The SMILES string of the molecule is CCC(C)NC(=O)CNCC(C)(C)SC. The van der Waals surface area contributed by atoms with Crippen LogP contribution in [0, 0.1) is 0 Å². The van der Waals surface area contributed by atoms with E-state index in [1.165, 1.54) is 0 Å². The third-order valence-corrected chi connectivity index (χ3v) is 3.66. The summed E-state index contributed by atoms with van der Waals surface area (Å²) >= 11 is 1.80. The third-order valence-electron chi connectivity index (χ3n) is 2.41. The van der Waals surface area contributed by atoms with E-state index in [1.54, 1.807) is 11.8 Å². The largest absolute Gasteiger partial charge is 0.353 e. The highest BCUT2D eigenvalue weighted by Crippen LogP contribution is 2.19. The minimum Gasteiger partial charge on any atom is -0.353 e. The van der Waals surface area contributed by atoms with Crippen LogP contribution in [0.5, 0.6) is 0 Å². The number of rotatable bonds is 7. The highest BCUT2D eigenvalue weighted by Gasteiger charge is 2.15. The van der Waals surface area contributed by atoms with E-state index < -0.39 is 0 Å². The molecule has 1 amide bonds. The van der Waals surface area contributed by atoms with Crippen molar-refractivity contribution < 1.29 is 4.79 Å². The van der Waals surface area contributed by atoms with Crippen molar-refractivity contribution in [3.05, 3.63) is 0 Å². The molecule has 90 valence electrons. The molecule has 1 unspecified atom stereocenters. The minimum absolute atomic E-state index is 0.0845. The number of carbonyl (C=O) groups excluding carboxylic acids is 1. The molecule has 0 aliphatic carbocycles. The molecule has 1 atom stereocenters. The molecule has 0 aliphatic heterocycles. The van der Waals surface area contributed by atoms with Crippen molar-refractivity contribution in [3.63, 3.8) is 0 Å². The lowest BCUT2D eigenvalue weighted by Crippen LogP contribution is -2.42. The Bertz CT molecular complexity index is 195. The average Bonchev–Trinajstić information content (AvgIpc) is 2.17. The highest BCUT2D eigenvalue weighted by molar-refractivity contribution is 7.99. The summed E-state index contributed by atoms with van der Waals surface area (Å²) in [6.45, 7) is 9.67. The van der Waals surface area contributed by atoms with Crippen LogP contribution in [0.2, 0.25) is 0 Å². The molecule has 0 aliphatic rings. The fraction of sp³-hybridized carbons (Fsp3) is 0.909. The van der Waals surface area contributed by atoms with Crippen LogP contribution < -0.4 is 10.6 Å². The quantitative estimate of drug-likeness (QED) is 0.701. The van der Waals surface area contributed by atoms with Crippen molar-refractivity contribution in [3.8, 4) is 0 Å². The summed E-state index contributed by atoms with van der Waals surface area (Å²) in [5.41, 5.74) is 0. The van der Waals surface area contributed by atoms with Crippen LogP contribution in [-0.4, -0.2) is 36.0 Å². The zero-order valence-corrected chi connectivity index (χ0v) is 11.3. The van der Waals surface area contributed by atoms with Gasteiger partial charge in [0.15, 0.2) is 0 Å². The molecule has 0 rings (SSSR count). The first-order chi connectivity index (χ1) is 6.91. The van der Waals surface area contributed by atoms with Gasteiger partial charge in [-0.1, -0.05) is 6.92 Å². The molecule has 0 heterocycles. The first-order valence-electron chi connectivity index (χ1n) is 5.46. The van der Waals surface area contributed by atoms with Crippen molar-refractivity contribution in [1.82, 2.24) is 10.6 Å². The van der Waals surface area contributed by atoms with Crippen LogP contribution in [-0.2, 0) is 4.79 Å². The Balaban J connectivity index is 3.64. The Morgan fingerprint density at radius 2 is 2.07 bits per heavy atom. The molecule has 4 heteroatoms. The zero-order chi connectivity index (χ0) is 11.9. The van der Waals surface area contributed by atoms with Crippen molar-refractivity contribution in [2.75, 3.05) is 19.3 Å². The summed E-state index contributed by atoms with van der Waals surface area (Å²) in [5, 5.41) is 6.10. The van der Waals surface area contributed by atoms with Gasteiger partial charge in [-0.15, -0.1) is 0 Å². The highest BCUT2D eigenvalue weighted by atomic mass is 32.2. The topological polar surface area (TPSA) is 41.1 Å². The second kappa shape index (κ2) is 7.12. The maximum Gasteiger partial charge on any atom is 0.234 e. The van der Waals surface area contributed by atoms with Crippen LogP contribution in [0.15, 0.2) is 0 Å². The van der Waals surface area contributed by atoms with Crippen LogP contribution in [0.3, 0.4) is 0 Å².